The number of para-hydroxylation sites is 2. The number of rotatable bonds is 2. The molecule has 0 unspecified atom stereocenters. The topological polar surface area (TPSA) is 46.6 Å². The standard InChI is InChI=1S/C44H35NO3/c1-43(2,3)28-18-19-32-39(25-28)47-38-22-17-27(24-33(38)41(32)46)26-11-10-12-29(23-26)45-35-15-8-7-14-34(35)44(4,5)40-36(45)21-20-31-30-13-6-9-16-37(30)48-42(31)40/h6-25H,1-5H3. The van der Waals surface area contributed by atoms with Gasteiger partial charge in [0.25, 0.3) is 0 Å². The first-order valence-electron chi connectivity index (χ1n) is 16.6. The van der Waals surface area contributed by atoms with Crippen LogP contribution in [0.5, 0.6) is 0 Å². The summed E-state index contributed by atoms with van der Waals surface area (Å²) in [6.45, 7) is 11.1. The van der Waals surface area contributed by atoms with Gasteiger partial charge < -0.3 is 13.7 Å². The molecule has 0 saturated carbocycles. The monoisotopic (exact) mass is 625 g/mol. The van der Waals surface area contributed by atoms with E-state index in [1.165, 1.54) is 11.1 Å². The Hall–Kier alpha value is -5.61. The second kappa shape index (κ2) is 9.95. The van der Waals surface area contributed by atoms with E-state index in [-0.39, 0.29) is 16.3 Å². The van der Waals surface area contributed by atoms with Gasteiger partial charge in [0, 0.05) is 27.4 Å². The number of hydrogen-bond donors (Lipinski definition) is 0. The van der Waals surface area contributed by atoms with Gasteiger partial charge in [0.05, 0.1) is 22.1 Å². The zero-order valence-electron chi connectivity index (χ0n) is 27.7. The zero-order chi connectivity index (χ0) is 32.9. The van der Waals surface area contributed by atoms with Gasteiger partial charge in [0.1, 0.15) is 22.3 Å². The van der Waals surface area contributed by atoms with Crippen LogP contribution in [0.1, 0.15) is 51.3 Å². The van der Waals surface area contributed by atoms with Crippen molar-refractivity contribution in [3.8, 4) is 11.1 Å². The van der Waals surface area contributed by atoms with Crippen molar-refractivity contribution in [2.24, 2.45) is 0 Å². The van der Waals surface area contributed by atoms with E-state index in [9.17, 15) is 4.79 Å². The van der Waals surface area contributed by atoms with Crippen molar-refractivity contribution >= 4 is 60.9 Å². The van der Waals surface area contributed by atoms with Crippen molar-refractivity contribution in [3.05, 3.63) is 148 Å². The van der Waals surface area contributed by atoms with Crippen LogP contribution in [0.2, 0.25) is 0 Å². The lowest BCUT2D eigenvalue weighted by Gasteiger charge is -2.42. The summed E-state index contributed by atoms with van der Waals surface area (Å²) in [7, 11) is 0. The van der Waals surface area contributed by atoms with Gasteiger partial charge in [-0.25, -0.2) is 0 Å². The molecule has 4 heteroatoms. The Morgan fingerprint density at radius 2 is 1.33 bits per heavy atom. The SMILES string of the molecule is CC(C)(C)c1ccc2c(=O)c3cc(-c4cccc(N5c6ccccc6C(C)(C)c6c5ccc5c6oc6ccccc65)c4)ccc3oc2c1. The molecule has 0 radical (unpaired) electrons. The van der Waals surface area contributed by atoms with Crippen LogP contribution in [0.4, 0.5) is 17.1 Å². The van der Waals surface area contributed by atoms with Crippen LogP contribution >= 0.6 is 0 Å². The van der Waals surface area contributed by atoms with E-state index in [1.54, 1.807) is 0 Å². The highest BCUT2D eigenvalue weighted by Crippen LogP contribution is 2.55. The zero-order valence-corrected chi connectivity index (χ0v) is 27.7. The maximum atomic E-state index is 13.8. The third-order valence-electron chi connectivity index (χ3n) is 10.2. The highest BCUT2D eigenvalue weighted by Gasteiger charge is 2.39. The second-order valence-corrected chi connectivity index (χ2v) is 14.6. The molecule has 48 heavy (non-hydrogen) atoms. The van der Waals surface area contributed by atoms with Crippen molar-refractivity contribution in [1.82, 2.24) is 0 Å². The molecule has 234 valence electrons. The minimum Gasteiger partial charge on any atom is -0.456 e. The van der Waals surface area contributed by atoms with Crippen molar-refractivity contribution in [2.75, 3.05) is 4.90 Å². The molecular formula is C44H35NO3. The lowest BCUT2D eigenvalue weighted by molar-refractivity contribution is 0.587. The van der Waals surface area contributed by atoms with Crippen molar-refractivity contribution in [1.29, 1.82) is 0 Å². The average Bonchev–Trinajstić information content (AvgIpc) is 3.46. The normalized spacial score (nSPS) is 14.1. The molecule has 0 N–H and O–H groups in total. The molecule has 1 aliphatic heterocycles. The molecule has 4 nitrogen and oxygen atoms in total. The molecule has 0 fully saturated rings. The van der Waals surface area contributed by atoms with Gasteiger partial charge in [0.15, 0.2) is 0 Å². The van der Waals surface area contributed by atoms with E-state index in [1.807, 2.05) is 48.5 Å². The van der Waals surface area contributed by atoms with Crippen molar-refractivity contribution < 1.29 is 8.83 Å². The van der Waals surface area contributed by atoms with Crippen LogP contribution in [-0.2, 0) is 10.8 Å². The summed E-state index contributed by atoms with van der Waals surface area (Å²) in [5, 5.41) is 3.43. The fourth-order valence-corrected chi connectivity index (χ4v) is 7.63. The summed E-state index contributed by atoms with van der Waals surface area (Å²) in [6.07, 6.45) is 0. The molecule has 0 atom stereocenters. The van der Waals surface area contributed by atoms with E-state index < -0.39 is 0 Å². The summed E-state index contributed by atoms with van der Waals surface area (Å²) in [5.74, 6) is 0. The maximum absolute atomic E-state index is 13.8. The number of hydrogen-bond acceptors (Lipinski definition) is 4. The highest BCUT2D eigenvalue weighted by atomic mass is 16.3. The Bertz CT molecular complexity index is 2670. The summed E-state index contributed by atoms with van der Waals surface area (Å²) < 4.78 is 12.9. The number of anilines is 3. The Labute approximate surface area is 278 Å². The van der Waals surface area contributed by atoms with Crippen molar-refractivity contribution in [3.63, 3.8) is 0 Å². The molecule has 9 rings (SSSR count). The van der Waals surface area contributed by atoms with Gasteiger partial charge in [-0.05, 0) is 88.3 Å². The minimum absolute atomic E-state index is 0.0133. The largest absolute Gasteiger partial charge is 0.456 e. The predicted molar refractivity (Wildman–Crippen MR) is 198 cm³/mol. The average molecular weight is 626 g/mol. The predicted octanol–water partition coefficient (Wildman–Crippen LogP) is 11.9. The third-order valence-corrected chi connectivity index (χ3v) is 10.2. The van der Waals surface area contributed by atoms with E-state index in [2.05, 4.69) is 112 Å². The Morgan fingerprint density at radius 1 is 0.583 bits per heavy atom. The molecule has 0 saturated heterocycles. The van der Waals surface area contributed by atoms with Crippen LogP contribution < -0.4 is 10.3 Å². The number of nitrogens with zero attached hydrogens (tertiary/aromatic N) is 1. The van der Waals surface area contributed by atoms with E-state index >= 15 is 0 Å². The third kappa shape index (κ3) is 4.12. The number of benzene rings is 6. The molecule has 1 aliphatic rings. The van der Waals surface area contributed by atoms with Crippen LogP contribution in [0, 0.1) is 0 Å². The van der Waals surface area contributed by atoms with Crippen LogP contribution in [-0.4, -0.2) is 0 Å². The first-order valence-corrected chi connectivity index (χ1v) is 16.6. The molecule has 6 aromatic carbocycles. The summed E-state index contributed by atoms with van der Waals surface area (Å²) in [4.78, 5) is 16.1. The molecule has 0 spiro atoms. The van der Waals surface area contributed by atoms with Crippen LogP contribution in [0.15, 0.2) is 135 Å². The molecule has 0 bridgehead atoms. The number of fused-ring (bicyclic) bond motifs is 8. The Kier molecular flexibility index (Phi) is 5.93. The van der Waals surface area contributed by atoms with E-state index in [0.717, 1.165) is 55.7 Å². The lowest BCUT2D eigenvalue weighted by atomic mass is 9.73. The first kappa shape index (κ1) is 28.6. The van der Waals surface area contributed by atoms with Gasteiger partial charge in [-0.1, -0.05) is 95.3 Å². The second-order valence-electron chi connectivity index (χ2n) is 14.6. The smallest absolute Gasteiger partial charge is 0.200 e. The van der Waals surface area contributed by atoms with Crippen molar-refractivity contribution in [2.45, 2.75) is 45.4 Å². The van der Waals surface area contributed by atoms with Crippen LogP contribution in [0.3, 0.4) is 0 Å². The minimum atomic E-state index is -0.295. The fourth-order valence-electron chi connectivity index (χ4n) is 7.63. The van der Waals surface area contributed by atoms with Crippen LogP contribution in [0.25, 0.3) is 55.0 Å². The van der Waals surface area contributed by atoms with Gasteiger partial charge >= 0.3 is 0 Å². The Morgan fingerprint density at radius 3 is 2.19 bits per heavy atom. The lowest BCUT2D eigenvalue weighted by Crippen LogP contribution is -2.30. The molecular weight excluding hydrogens is 590 g/mol. The molecule has 2 aromatic heterocycles. The van der Waals surface area contributed by atoms with Gasteiger partial charge in [0.2, 0.25) is 5.43 Å². The maximum Gasteiger partial charge on any atom is 0.200 e. The molecule has 0 amide bonds. The van der Waals surface area contributed by atoms with Gasteiger partial charge in [-0.15, -0.1) is 0 Å². The quantitative estimate of drug-likeness (QED) is 0.179. The first-order chi connectivity index (χ1) is 23.1. The van der Waals surface area contributed by atoms with E-state index in [4.69, 9.17) is 8.83 Å². The summed E-state index contributed by atoms with van der Waals surface area (Å²) in [6, 6.07) is 41.8. The van der Waals surface area contributed by atoms with Gasteiger partial charge in [-0.2, -0.15) is 0 Å². The Balaban J connectivity index is 1.21. The van der Waals surface area contributed by atoms with Gasteiger partial charge in [-0.3, -0.25) is 4.79 Å². The highest BCUT2D eigenvalue weighted by molar-refractivity contribution is 6.09. The van der Waals surface area contributed by atoms with E-state index in [0.29, 0.717) is 21.9 Å². The fraction of sp³-hybridized carbons (Fsp3) is 0.159. The number of furan rings is 1. The molecule has 3 heterocycles. The summed E-state index contributed by atoms with van der Waals surface area (Å²) in [5.41, 5.74) is 11.5. The molecule has 8 aromatic rings. The summed E-state index contributed by atoms with van der Waals surface area (Å²) >= 11 is 0. The molecule has 0 aliphatic carbocycles.